The van der Waals surface area contributed by atoms with Crippen LogP contribution in [0, 0.1) is 0 Å². The molecule has 6 heteroatoms. The number of ether oxygens (including phenoxy) is 1. The first-order valence-electron chi connectivity index (χ1n) is 7.76. The number of anilines is 2. The summed E-state index contributed by atoms with van der Waals surface area (Å²) in [6.45, 7) is 2.45. The van der Waals surface area contributed by atoms with Crippen LogP contribution in [-0.2, 0) is 14.3 Å². The number of carbonyl (C=O) groups excluding carboxylic acids is 2. The van der Waals surface area contributed by atoms with Crippen LogP contribution < -0.4 is 15.5 Å². The monoisotopic (exact) mass is 303 g/mol. The Balaban J connectivity index is 1.68. The van der Waals surface area contributed by atoms with Gasteiger partial charge in [0, 0.05) is 30.9 Å². The number of benzene rings is 1. The first kappa shape index (κ1) is 15.0. The molecule has 0 aromatic heterocycles. The third kappa shape index (κ3) is 3.45. The zero-order chi connectivity index (χ0) is 15.4. The Morgan fingerprint density at radius 2 is 2.27 bits per heavy atom. The number of piperidine rings is 1. The fraction of sp³-hybridized carbons (Fsp3) is 0.500. The van der Waals surface area contributed by atoms with Gasteiger partial charge in [0.15, 0.2) is 0 Å². The summed E-state index contributed by atoms with van der Waals surface area (Å²) in [5.41, 5.74) is 1.55. The molecule has 0 saturated carbocycles. The van der Waals surface area contributed by atoms with Crippen LogP contribution in [0.4, 0.5) is 11.4 Å². The molecule has 118 valence electrons. The summed E-state index contributed by atoms with van der Waals surface area (Å²) in [5.74, 6) is 0.0406. The first-order chi connectivity index (χ1) is 10.7. The minimum Gasteiger partial charge on any atom is -0.378 e. The maximum Gasteiger partial charge on any atom is 0.243 e. The van der Waals surface area contributed by atoms with Crippen LogP contribution in [0.2, 0.25) is 0 Å². The van der Waals surface area contributed by atoms with Crippen LogP contribution in [0.5, 0.6) is 0 Å². The lowest BCUT2D eigenvalue weighted by Crippen LogP contribution is -2.48. The Bertz CT molecular complexity index is 555. The lowest BCUT2D eigenvalue weighted by atomic mass is 10.1. The molecule has 1 aromatic carbocycles. The van der Waals surface area contributed by atoms with Gasteiger partial charge in [0.25, 0.3) is 0 Å². The average molecular weight is 303 g/mol. The fourth-order valence-electron chi connectivity index (χ4n) is 2.79. The molecule has 2 heterocycles. The summed E-state index contributed by atoms with van der Waals surface area (Å²) in [4.78, 5) is 26.0. The zero-order valence-electron chi connectivity index (χ0n) is 12.5. The molecule has 0 aliphatic carbocycles. The van der Waals surface area contributed by atoms with E-state index in [0.717, 1.165) is 25.1 Å². The van der Waals surface area contributed by atoms with E-state index in [1.54, 1.807) is 4.90 Å². The molecule has 1 aromatic rings. The molecule has 22 heavy (non-hydrogen) atoms. The van der Waals surface area contributed by atoms with Crippen molar-refractivity contribution < 1.29 is 14.3 Å². The molecule has 2 fully saturated rings. The first-order valence-corrected chi connectivity index (χ1v) is 7.76. The standard InChI is InChI=1S/C16H21N3O3/c20-15-6-1-2-8-19(15)13-5-3-4-12(10-13)18-16(21)14-11-22-9-7-17-14/h3-5,10,14,17H,1-2,6-9,11H2,(H,18,21). The van der Waals surface area contributed by atoms with Crippen molar-refractivity contribution in [3.8, 4) is 0 Å². The molecular formula is C16H21N3O3. The van der Waals surface area contributed by atoms with Gasteiger partial charge in [-0.2, -0.15) is 0 Å². The Labute approximate surface area is 129 Å². The zero-order valence-corrected chi connectivity index (χ0v) is 12.5. The van der Waals surface area contributed by atoms with Gasteiger partial charge in [-0.3, -0.25) is 9.59 Å². The lowest BCUT2D eigenvalue weighted by molar-refractivity contribution is -0.121. The van der Waals surface area contributed by atoms with Gasteiger partial charge in [-0.25, -0.2) is 0 Å². The smallest absolute Gasteiger partial charge is 0.243 e. The van der Waals surface area contributed by atoms with E-state index in [1.807, 2.05) is 24.3 Å². The number of nitrogens with one attached hydrogen (secondary N) is 2. The topological polar surface area (TPSA) is 70.7 Å². The predicted octanol–water partition coefficient (Wildman–Crippen LogP) is 1.13. The number of morpholine rings is 1. The highest BCUT2D eigenvalue weighted by molar-refractivity contribution is 5.97. The maximum atomic E-state index is 12.2. The number of hydrogen-bond donors (Lipinski definition) is 2. The van der Waals surface area contributed by atoms with Gasteiger partial charge in [-0.15, -0.1) is 0 Å². The van der Waals surface area contributed by atoms with Crippen molar-refractivity contribution >= 4 is 23.2 Å². The second-order valence-corrected chi connectivity index (χ2v) is 5.62. The highest BCUT2D eigenvalue weighted by atomic mass is 16.5. The maximum absolute atomic E-state index is 12.2. The minimum absolute atomic E-state index is 0.109. The van der Waals surface area contributed by atoms with E-state index in [2.05, 4.69) is 10.6 Å². The van der Waals surface area contributed by atoms with Gasteiger partial charge < -0.3 is 20.3 Å². The van der Waals surface area contributed by atoms with E-state index in [0.29, 0.717) is 31.9 Å². The van der Waals surface area contributed by atoms with Crippen molar-refractivity contribution in [2.75, 3.05) is 36.5 Å². The molecule has 2 amide bonds. The lowest BCUT2D eigenvalue weighted by Gasteiger charge is -2.27. The van der Waals surface area contributed by atoms with Gasteiger partial charge >= 0.3 is 0 Å². The summed E-state index contributed by atoms with van der Waals surface area (Å²) >= 11 is 0. The Morgan fingerprint density at radius 1 is 1.36 bits per heavy atom. The van der Waals surface area contributed by atoms with Crippen molar-refractivity contribution in [2.45, 2.75) is 25.3 Å². The summed E-state index contributed by atoms with van der Waals surface area (Å²) in [6.07, 6.45) is 2.57. The summed E-state index contributed by atoms with van der Waals surface area (Å²) in [6, 6.07) is 7.12. The average Bonchev–Trinajstić information content (AvgIpc) is 2.56. The summed E-state index contributed by atoms with van der Waals surface area (Å²) < 4.78 is 5.30. The van der Waals surface area contributed by atoms with Crippen LogP contribution >= 0.6 is 0 Å². The highest BCUT2D eigenvalue weighted by Gasteiger charge is 2.22. The second kappa shape index (κ2) is 6.89. The third-order valence-electron chi connectivity index (χ3n) is 3.99. The van der Waals surface area contributed by atoms with Gasteiger partial charge in [-0.05, 0) is 31.0 Å². The molecule has 1 atom stereocenters. The van der Waals surface area contributed by atoms with Crippen molar-refractivity contribution in [1.29, 1.82) is 0 Å². The molecular weight excluding hydrogens is 282 g/mol. The van der Waals surface area contributed by atoms with Gasteiger partial charge in [0.1, 0.15) is 6.04 Å². The van der Waals surface area contributed by atoms with Crippen molar-refractivity contribution in [3.63, 3.8) is 0 Å². The molecule has 0 radical (unpaired) electrons. The van der Waals surface area contributed by atoms with E-state index in [1.165, 1.54) is 0 Å². The Morgan fingerprint density at radius 3 is 3.05 bits per heavy atom. The normalized spacial score (nSPS) is 22.5. The number of nitrogens with zero attached hydrogens (tertiary/aromatic N) is 1. The van der Waals surface area contributed by atoms with Crippen LogP contribution in [0.15, 0.2) is 24.3 Å². The van der Waals surface area contributed by atoms with Crippen LogP contribution in [0.1, 0.15) is 19.3 Å². The van der Waals surface area contributed by atoms with Crippen molar-refractivity contribution in [3.05, 3.63) is 24.3 Å². The van der Waals surface area contributed by atoms with Gasteiger partial charge in [-0.1, -0.05) is 6.07 Å². The SMILES string of the molecule is O=C(Nc1cccc(N2CCCCC2=O)c1)C1COCCN1. The predicted molar refractivity (Wildman–Crippen MR) is 83.9 cm³/mol. The molecule has 3 rings (SSSR count). The molecule has 6 nitrogen and oxygen atoms in total. The van der Waals surface area contributed by atoms with E-state index in [-0.39, 0.29) is 17.9 Å². The highest BCUT2D eigenvalue weighted by Crippen LogP contribution is 2.24. The van der Waals surface area contributed by atoms with Crippen molar-refractivity contribution in [1.82, 2.24) is 5.32 Å². The van der Waals surface area contributed by atoms with Crippen LogP contribution in [0.25, 0.3) is 0 Å². The Kier molecular flexibility index (Phi) is 4.70. The third-order valence-corrected chi connectivity index (χ3v) is 3.99. The molecule has 0 bridgehead atoms. The number of carbonyl (C=O) groups is 2. The number of amides is 2. The molecule has 0 spiro atoms. The largest absolute Gasteiger partial charge is 0.378 e. The Hall–Kier alpha value is -1.92. The molecule has 2 aliphatic rings. The minimum atomic E-state index is -0.325. The van der Waals surface area contributed by atoms with Gasteiger partial charge in [0.05, 0.1) is 13.2 Å². The van der Waals surface area contributed by atoms with Gasteiger partial charge in [0.2, 0.25) is 11.8 Å². The van der Waals surface area contributed by atoms with E-state index in [9.17, 15) is 9.59 Å². The van der Waals surface area contributed by atoms with E-state index in [4.69, 9.17) is 4.74 Å². The number of rotatable bonds is 3. The quantitative estimate of drug-likeness (QED) is 0.878. The van der Waals surface area contributed by atoms with Crippen LogP contribution in [0.3, 0.4) is 0 Å². The van der Waals surface area contributed by atoms with Crippen molar-refractivity contribution in [2.24, 2.45) is 0 Å². The summed E-state index contributed by atoms with van der Waals surface area (Å²) in [7, 11) is 0. The van der Waals surface area contributed by atoms with E-state index >= 15 is 0 Å². The summed E-state index contributed by atoms with van der Waals surface area (Å²) in [5, 5.41) is 6.01. The molecule has 1 unspecified atom stereocenters. The molecule has 2 aliphatic heterocycles. The van der Waals surface area contributed by atoms with E-state index < -0.39 is 0 Å². The van der Waals surface area contributed by atoms with Crippen LogP contribution in [-0.4, -0.2) is 44.2 Å². The molecule has 2 N–H and O–H groups in total. The fourth-order valence-corrected chi connectivity index (χ4v) is 2.79. The number of hydrogen-bond acceptors (Lipinski definition) is 4. The molecule has 2 saturated heterocycles. The second-order valence-electron chi connectivity index (χ2n) is 5.62.